The molecule has 1 aromatic heterocycles. The van der Waals surface area contributed by atoms with Crippen LogP contribution in [0.25, 0.3) is 0 Å². The molecule has 2 amide bonds. The Kier molecular flexibility index (Phi) is 5.44. The topological polar surface area (TPSA) is 32.3 Å². The Balaban J connectivity index is 2.03. The van der Waals surface area contributed by atoms with Gasteiger partial charge in [-0.05, 0) is 47.0 Å². The largest absolute Gasteiger partial charge is 0.322 e. The number of thiophene rings is 1. The quantitative estimate of drug-likeness (QED) is 0.841. The number of carbonyl (C=O) groups excluding carboxylic acids is 1. The fourth-order valence-corrected chi connectivity index (χ4v) is 2.74. The Morgan fingerprint density at radius 2 is 2.25 bits per heavy atom. The summed E-state index contributed by atoms with van der Waals surface area (Å²) in [4.78, 5) is 14.1. The third-order valence-corrected chi connectivity index (χ3v) is 3.78. The predicted octanol–water partition coefficient (Wildman–Crippen LogP) is 4.85. The number of nitrogens with one attached hydrogen (secondary N) is 1. The molecule has 0 radical (unpaired) electrons. The van der Waals surface area contributed by atoms with E-state index in [-0.39, 0.29) is 6.03 Å². The molecule has 5 heteroatoms. The maximum Gasteiger partial charge on any atom is 0.322 e. The Bertz CT molecular complexity index is 557. The Hall–Kier alpha value is -1.52. The van der Waals surface area contributed by atoms with Crippen LogP contribution in [0.4, 0.5) is 10.5 Å². The number of nitrogens with zero attached hydrogens (tertiary/aromatic N) is 1. The van der Waals surface area contributed by atoms with Crippen LogP contribution in [0, 0.1) is 0 Å². The van der Waals surface area contributed by atoms with E-state index in [4.69, 9.17) is 11.6 Å². The Morgan fingerprint density at radius 3 is 2.90 bits per heavy atom. The predicted molar refractivity (Wildman–Crippen MR) is 85.5 cm³/mol. The van der Waals surface area contributed by atoms with Crippen LogP contribution < -0.4 is 5.32 Å². The molecule has 0 aliphatic heterocycles. The van der Waals surface area contributed by atoms with Crippen molar-refractivity contribution in [3.8, 4) is 0 Å². The third kappa shape index (κ3) is 4.25. The molecular weight excluding hydrogens is 292 g/mol. The molecule has 1 heterocycles. The Morgan fingerprint density at radius 1 is 1.40 bits per heavy atom. The number of amides is 2. The average Bonchev–Trinajstić information content (AvgIpc) is 2.91. The van der Waals surface area contributed by atoms with Gasteiger partial charge in [-0.2, -0.15) is 11.3 Å². The molecule has 0 atom stereocenters. The SMILES string of the molecule is CCCN(Cc1ccsc1)C(=O)Nc1cccc(Cl)c1. The smallest absolute Gasteiger partial charge is 0.320 e. The molecule has 106 valence electrons. The van der Waals surface area contributed by atoms with Crippen LogP contribution in [0.15, 0.2) is 41.1 Å². The van der Waals surface area contributed by atoms with Crippen molar-refractivity contribution in [2.24, 2.45) is 0 Å². The van der Waals surface area contributed by atoms with Gasteiger partial charge in [-0.3, -0.25) is 0 Å². The van der Waals surface area contributed by atoms with Crippen LogP contribution >= 0.6 is 22.9 Å². The summed E-state index contributed by atoms with van der Waals surface area (Å²) >= 11 is 7.56. The molecule has 0 fully saturated rings. The summed E-state index contributed by atoms with van der Waals surface area (Å²) in [5, 5.41) is 7.59. The number of carbonyl (C=O) groups is 1. The molecule has 1 N–H and O–H groups in total. The van der Waals surface area contributed by atoms with Gasteiger partial charge < -0.3 is 10.2 Å². The monoisotopic (exact) mass is 308 g/mol. The van der Waals surface area contributed by atoms with Gasteiger partial charge in [0.25, 0.3) is 0 Å². The summed E-state index contributed by atoms with van der Waals surface area (Å²) < 4.78 is 0. The average molecular weight is 309 g/mol. The van der Waals surface area contributed by atoms with Gasteiger partial charge >= 0.3 is 6.03 Å². The van der Waals surface area contributed by atoms with Gasteiger partial charge in [0, 0.05) is 23.8 Å². The highest BCUT2D eigenvalue weighted by atomic mass is 35.5. The molecule has 2 rings (SSSR count). The molecule has 2 aromatic rings. The Labute approximate surface area is 128 Å². The van der Waals surface area contributed by atoms with E-state index in [0.29, 0.717) is 17.3 Å². The van der Waals surface area contributed by atoms with E-state index in [1.54, 1.807) is 23.5 Å². The van der Waals surface area contributed by atoms with Gasteiger partial charge in [0.2, 0.25) is 0 Å². The first-order chi connectivity index (χ1) is 9.69. The highest BCUT2D eigenvalue weighted by Gasteiger charge is 2.13. The number of halogens is 1. The van der Waals surface area contributed by atoms with Gasteiger partial charge in [-0.25, -0.2) is 4.79 Å². The minimum Gasteiger partial charge on any atom is -0.320 e. The van der Waals surface area contributed by atoms with E-state index in [1.807, 2.05) is 28.5 Å². The van der Waals surface area contributed by atoms with Gasteiger partial charge in [-0.1, -0.05) is 24.6 Å². The van der Waals surface area contributed by atoms with Crippen molar-refractivity contribution < 1.29 is 4.79 Å². The maximum absolute atomic E-state index is 12.3. The van der Waals surface area contributed by atoms with Crippen molar-refractivity contribution in [2.45, 2.75) is 19.9 Å². The van der Waals surface area contributed by atoms with Crippen LogP contribution in [0.2, 0.25) is 5.02 Å². The van der Waals surface area contributed by atoms with E-state index < -0.39 is 0 Å². The first-order valence-corrected chi connectivity index (χ1v) is 7.83. The fourth-order valence-electron chi connectivity index (χ4n) is 1.89. The van der Waals surface area contributed by atoms with Crippen LogP contribution in [0.3, 0.4) is 0 Å². The first-order valence-electron chi connectivity index (χ1n) is 6.51. The summed E-state index contributed by atoms with van der Waals surface area (Å²) in [6.45, 7) is 3.42. The minimum atomic E-state index is -0.0969. The number of rotatable bonds is 5. The van der Waals surface area contributed by atoms with E-state index in [9.17, 15) is 4.79 Å². The number of benzene rings is 1. The molecule has 3 nitrogen and oxygen atoms in total. The molecule has 0 aliphatic rings. The maximum atomic E-state index is 12.3. The van der Waals surface area contributed by atoms with Crippen LogP contribution in [0.1, 0.15) is 18.9 Å². The van der Waals surface area contributed by atoms with E-state index >= 15 is 0 Å². The van der Waals surface area contributed by atoms with E-state index in [1.165, 1.54) is 0 Å². The second-order valence-electron chi connectivity index (χ2n) is 4.49. The minimum absolute atomic E-state index is 0.0969. The van der Waals surface area contributed by atoms with Crippen molar-refractivity contribution in [1.29, 1.82) is 0 Å². The summed E-state index contributed by atoms with van der Waals surface area (Å²) in [7, 11) is 0. The van der Waals surface area contributed by atoms with Gasteiger partial charge in [-0.15, -0.1) is 0 Å². The van der Waals surface area contributed by atoms with E-state index in [2.05, 4.69) is 17.6 Å². The van der Waals surface area contributed by atoms with Gasteiger partial charge in [0.05, 0.1) is 0 Å². The zero-order valence-electron chi connectivity index (χ0n) is 11.3. The molecule has 0 aliphatic carbocycles. The second kappa shape index (κ2) is 7.31. The molecule has 1 aromatic carbocycles. The van der Waals surface area contributed by atoms with E-state index in [0.717, 1.165) is 18.5 Å². The van der Waals surface area contributed by atoms with Crippen molar-refractivity contribution in [1.82, 2.24) is 4.90 Å². The number of urea groups is 1. The molecule has 0 unspecified atom stereocenters. The van der Waals surface area contributed by atoms with Gasteiger partial charge in [0.1, 0.15) is 0 Å². The van der Waals surface area contributed by atoms with Crippen molar-refractivity contribution in [2.75, 3.05) is 11.9 Å². The third-order valence-electron chi connectivity index (χ3n) is 2.81. The van der Waals surface area contributed by atoms with Gasteiger partial charge in [0.15, 0.2) is 0 Å². The van der Waals surface area contributed by atoms with Crippen LogP contribution in [-0.4, -0.2) is 17.5 Å². The molecule has 0 bridgehead atoms. The van der Waals surface area contributed by atoms with Crippen molar-refractivity contribution in [3.05, 3.63) is 51.7 Å². The summed E-state index contributed by atoms with van der Waals surface area (Å²) in [6.07, 6.45) is 0.924. The fraction of sp³-hybridized carbons (Fsp3) is 0.267. The first kappa shape index (κ1) is 14.9. The standard InChI is InChI=1S/C15H17ClN2OS/c1-2-7-18(10-12-6-8-20-11-12)15(19)17-14-5-3-4-13(16)9-14/h3-6,8-9,11H,2,7,10H2,1H3,(H,17,19). The molecule has 0 spiro atoms. The summed E-state index contributed by atoms with van der Waals surface area (Å²) in [5.41, 5.74) is 1.87. The zero-order chi connectivity index (χ0) is 14.4. The summed E-state index contributed by atoms with van der Waals surface area (Å²) in [5.74, 6) is 0. The molecule has 0 saturated carbocycles. The second-order valence-corrected chi connectivity index (χ2v) is 5.71. The lowest BCUT2D eigenvalue weighted by Crippen LogP contribution is -2.34. The molecule has 20 heavy (non-hydrogen) atoms. The number of anilines is 1. The van der Waals surface area contributed by atoms with Crippen LogP contribution in [-0.2, 0) is 6.54 Å². The number of hydrogen-bond donors (Lipinski definition) is 1. The highest BCUT2D eigenvalue weighted by Crippen LogP contribution is 2.16. The lowest BCUT2D eigenvalue weighted by Gasteiger charge is -2.22. The van der Waals surface area contributed by atoms with Crippen molar-refractivity contribution >= 4 is 34.7 Å². The molecule has 0 saturated heterocycles. The lowest BCUT2D eigenvalue weighted by atomic mass is 10.3. The number of hydrogen-bond acceptors (Lipinski definition) is 2. The van der Waals surface area contributed by atoms with Crippen LogP contribution in [0.5, 0.6) is 0 Å². The molecular formula is C15H17ClN2OS. The lowest BCUT2D eigenvalue weighted by molar-refractivity contribution is 0.209. The summed E-state index contributed by atoms with van der Waals surface area (Å²) in [6, 6.07) is 9.13. The zero-order valence-corrected chi connectivity index (χ0v) is 12.9. The normalized spacial score (nSPS) is 10.3. The highest BCUT2D eigenvalue weighted by molar-refractivity contribution is 7.07. The van der Waals surface area contributed by atoms with Crippen molar-refractivity contribution in [3.63, 3.8) is 0 Å².